The molecule has 0 radical (unpaired) electrons. The molecule has 1 saturated heterocycles. The number of piperazine rings is 1. The molecule has 2 amide bonds. The second kappa shape index (κ2) is 8.61. The average molecular weight is 351 g/mol. The number of pyridine rings is 1. The highest BCUT2D eigenvalue weighted by molar-refractivity contribution is 5.95. The van der Waals surface area contributed by atoms with Crippen molar-refractivity contribution in [2.24, 2.45) is 0 Å². The standard InChI is InChI=1S/C21H25N3O2/c1-2-3-5-17-7-9-18(10-8-17)20(25)23-12-14-24(15-13-23)21(26)19-6-4-11-22-16-19/h4,6-11,16H,2-3,5,12-15H2,1H3. The predicted molar refractivity (Wildman–Crippen MR) is 101 cm³/mol. The van der Waals surface area contributed by atoms with Crippen molar-refractivity contribution in [2.75, 3.05) is 26.2 Å². The Morgan fingerprint density at radius 2 is 1.54 bits per heavy atom. The van der Waals surface area contributed by atoms with Crippen molar-refractivity contribution in [2.45, 2.75) is 26.2 Å². The molecule has 1 aliphatic rings. The number of hydrogen-bond acceptors (Lipinski definition) is 3. The van der Waals surface area contributed by atoms with Crippen LogP contribution < -0.4 is 0 Å². The van der Waals surface area contributed by atoms with Crippen molar-refractivity contribution in [1.29, 1.82) is 0 Å². The van der Waals surface area contributed by atoms with Crippen LogP contribution in [0.4, 0.5) is 0 Å². The number of nitrogens with zero attached hydrogens (tertiary/aromatic N) is 3. The maximum Gasteiger partial charge on any atom is 0.255 e. The fraction of sp³-hybridized carbons (Fsp3) is 0.381. The Morgan fingerprint density at radius 1 is 0.923 bits per heavy atom. The Hall–Kier alpha value is -2.69. The molecule has 3 rings (SSSR count). The van der Waals surface area contributed by atoms with Crippen LogP contribution in [-0.2, 0) is 6.42 Å². The zero-order valence-corrected chi connectivity index (χ0v) is 15.2. The van der Waals surface area contributed by atoms with Gasteiger partial charge in [0.25, 0.3) is 11.8 Å². The minimum absolute atomic E-state index is 0.0227. The highest BCUT2D eigenvalue weighted by Crippen LogP contribution is 2.13. The highest BCUT2D eigenvalue weighted by atomic mass is 16.2. The summed E-state index contributed by atoms with van der Waals surface area (Å²) < 4.78 is 0. The van der Waals surface area contributed by atoms with E-state index >= 15 is 0 Å². The lowest BCUT2D eigenvalue weighted by molar-refractivity contribution is 0.0535. The van der Waals surface area contributed by atoms with E-state index in [0.717, 1.165) is 12.0 Å². The van der Waals surface area contributed by atoms with E-state index in [2.05, 4.69) is 11.9 Å². The summed E-state index contributed by atoms with van der Waals surface area (Å²) in [5.74, 6) is 0.0194. The number of carbonyl (C=O) groups is 2. The van der Waals surface area contributed by atoms with Crippen molar-refractivity contribution in [3.8, 4) is 0 Å². The van der Waals surface area contributed by atoms with Crippen molar-refractivity contribution in [1.82, 2.24) is 14.8 Å². The average Bonchev–Trinajstić information content (AvgIpc) is 2.72. The van der Waals surface area contributed by atoms with Gasteiger partial charge in [-0.15, -0.1) is 0 Å². The van der Waals surface area contributed by atoms with Crippen molar-refractivity contribution >= 4 is 11.8 Å². The van der Waals surface area contributed by atoms with Gasteiger partial charge in [-0.25, -0.2) is 0 Å². The summed E-state index contributed by atoms with van der Waals surface area (Å²) in [7, 11) is 0. The van der Waals surface area contributed by atoms with E-state index in [1.54, 1.807) is 29.4 Å². The second-order valence-electron chi connectivity index (χ2n) is 6.63. The zero-order valence-electron chi connectivity index (χ0n) is 15.2. The normalized spacial score (nSPS) is 14.3. The molecule has 1 aliphatic heterocycles. The quantitative estimate of drug-likeness (QED) is 0.832. The van der Waals surface area contributed by atoms with Crippen LogP contribution in [0.5, 0.6) is 0 Å². The van der Waals surface area contributed by atoms with E-state index in [-0.39, 0.29) is 11.8 Å². The number of aromatic nitrogens is 1. The van der Waals surface area contributed by atoms with E-state index < -0.39 is 0 Å². The molecular formula is C21H25N3O2. The third-order valence-electron chi connectivity index (χ3n) is 4.78. The van der Waals surface area contributed by atoms with E-state index in [9.17, 15) is 9.59 Å². The number of unbranched alkanes of at least 4 members (excludes halogenated alkanes) is 1. The van der Waals surface area contributed by atoms with Crippen molar-refractivity contribution in [3.05, 3.63) is 65.5 Å². The first-order valence-electron chi connectivity index (χ1n) is 9.26. The van der Waals surface area contributed by atoms with Crippen molar-refractivity contribution in [3.63, 3.8) is 0 Å². The van der Waals surface area contributed by atoms with E-state index in [1.165, 1.54) is 18.4 Å². The number of amides is 2. The van der Waals surface area contributed by atoms with Gasteiger partial charge in [0, 0.05) is 44.1 Å². The van der Waals surface area contributed by atoms with E-state index in [1.807, 2.05) is 29.2 Å². The number of benzene rings is 1. The SMILES string of the molecule is CCCCc1ccc(C(=O)N2CCN(C(=O)c3cccnc3)CC2)cc1. The first-order chi connectivity index (χ1) is 12.7. The van der Waals surface area contributed by atoms with E-state index in [4.69, 9.17) is 0 Å². The van der Waals surface area contributed by atoms with Gasteiger partial charge in [-0.2, -0.15) is 0 Å². The Labute approximate surface area is 154 Å². The molecule has 136 valence electrons. The molecule has 26 heavy (non-hydrogen) atoms. The lowest BCUT2D eigenvalue weighted by Crippen LogP contribution is -2.50. The predicted octanol–water partition coefficient (Wildman–Crippen LogP) is 3.02. The Morgan fingerprint density at radius 3 is 2.08 bits per heavy atom. The Balaban J connectivity index is 1.56. The molecule has 1 aromatic carbocycles. The van der Waals surface area contributed by atoms with Gasteiger partial charge in [-0.3, -0.25) is 14.6 Å². The summed E-state index contributed by atoms with van der Waals surface area (Å²) in [4.78, 5) is 32.7. The molecule has 0 bridgehead atoms. The number of aryl methyl sites for hydroxylation is 1. The maximum atomic E-state index is 12.7. The fourth-order valence-electron chi connectivity index (χ4n) is 3.16. The highest BCUT2D eigenvalue weighted by Gasteiger charge is 2.25. The molecule has 0 aliphatic carbocycles. The van der Waals surface area contributed by atoms with Crippen LogP contribution in [0.15, 0.2) is 48.8 Å². The fourth-order valence-corrected chi connectivity index (χ4v) is 3.16. The van der Waals surface area contributed by atoms with Crippen LogP contribution in [0.1, 0.15) is 46.0 Å². The lowest BCUT2D eigenvalue weighted by Gasteiger charge is -2.34. The summed E-state index contributed by atoms with van der Waals surface area (Å²) in [6.45, 7) is 4.39. The van der Waals surface area contributed by atoms with Gasteiger partial charge in [0.1, 0.15) is 0 Å². The smallest absolute Gasteiger partial charge is 0.255 e. The van der Waals surface area contributed by atoms with Gasteiger partial charge in [0.05, 0.1) is 5.56 Å². The van der Waals surface area contributed by atoms with Gasteiger partial charge in [-0.1, -0.05) is 25.5 Å². The molecule has 0 saturated carbocycles. The van der Waals surface area contributed by atoms with Gasteiger partial charge in [0.15, 0.2) is 0 Å². The number of rotatable bonds is 5. The summed E-state index contributed by atoms with van der Waals surface area (Å²) in [6.07, 6.45) is 6.63. The third-order valence-corrected chi connectivity index (χ3v) is 4.78. The largest absolute Gasteiger partial charge is 0.335 e. The van der Waals surface area contributed by atoms with Gasteiger partial charge < -0.3 is 9.80 Å². The topological polar surface area (TPSA) is 53.5 Å². The molecule has 2 aromatic rings. The molecule has 1 aromatic heterocycles. The maximum absolute atomic E-state index is 12.7. The van der Waals surface area contributed by atoms with Crippen LogP contribution >= 0.6 is 0 Å². The van der Waals surface area contributed by atoms with Gasteiger partial charge in [-0.05, 0) is 42.7 Å². The van der Waals surface area contributed by atoms with E-state index in [0.29, 0.717) is 31.7 Å². The Bertz CT molecular complexity index is 736. The van der Waals surface area contributed by atoms with Crippen molar-refractivity contribution < 1.29 is 9.59 Å². The van der Waals surface area contributed by atoms with Crippen LogP contribution in [0.3, 0.4) is 0 Å². The monoisotopic (exact) mass is 351 g/mol. The summed E-state index contributed by atoms with van der Waals surface area (Å²) >= 11 is 0. The number of hydrogen-bond donors (Lipinski definition) is 0. The molecular weight excluding hydrogens is 326 g/mol. The molecule has 0 atom stereocenters. The van der Waals surface area contributed by atoms with Gasteiger partial charge >= 0.3 is 0 Å². The molecule has 2 heterocycles. The minimum atomic E-state index is -0.0227. The van der Waals surface area contributed by atoms with Crippen LogP contribution in [-0.4, -0.2) is 52.8 Å². The molecule has 0 unspecified atom stereocenters. The van der Waals surface area contributed by atoms with Crippen LogP contribution in [0, 0.1) is 0 Å². The first kappa shape index (κ1) is 18.1. The molecule has 0 spiro atoms. The lowest BCUT2D eigenvalue weighted by atomic mass is 10.1. The number of carbonyl (C=O) groups excluding carboxylic acids is 2. The Kier molecular flexibility index (Phi) is 6.00. The summed E-state index contributed by atoms with van der Waals surface area (Å²) in [5, 5.41) is 0. The molecule has 5 nitrogen and oxygen atoms in total. The summed E-state index contributed by atoms with van der Waals surface area (Å²) in [6, 6.07) is 11.5. The third kappa shape index (κ3) is 4.28. The summed E-state index contributed by atoms with van der Waals surface area (Å²) in [5.41, 5.74) is 2.59. The molecule has 5 heteroatoms. The molecule has 0 N–H and O–H groups in total. The minimum Gasteiger partial charge on any atom is -0.335 e. The molecule has 1 fully saturated rings. The van der Waals surface area contributed by atoms with Gasteiger partial charge in [0.2, 0.25) is 0 Å². The first-order valence-corrected chi connectivity index (χ1v) is 9.26. The second-order valence-corrected chi connectivity index (χ2v) is 6.63. The van der Waals surface area contributed by atoms with Crippen LogP contribution in [0.25, 0.3) is 0 Å². The van der Waals surface area contributed by atoms with Crippen LogP contribution in [0.2, 0.25) is 0 Å². The zero-order chi connectivity index (χ0) is 18.4.